The largest absolute Gasteiger partial charge is 0.493 e. The number of carbonyl (C=O) groups excluding carboxylic acids is 2. The van der Waals surface area contributed by atoms with Crippen molar-refractivity contribution in [3.8, 4) is 11.5 Å². The Bertz CT molecular complexity index is 1200. The van der Waals surface area contributed by atoms with Crippen molar-refractivity contribution in [3.05, 3.63) is 81.2 Å². The Morgan fingerprint density at radius 3 is 2.62 bits per heavy atom. The summed E-state index contributed by atoms with van der Waals surface area (Å²) in [6, 6.07) is 9.12. The van der Waals surface area contributed by atoms with Crippen LogP contribution in [0.4, 0.5) is 4.39 Å². The molecule has 2 N–H and O–H groups in total. The molecular formula is C25H23ClFNO6. The lowest BCUT2D eigenvalue weighted by atomic mass is 9.77. The lowest BCUT2D eigenvalue weighted by Gasteiger charge is -2.32. The van der Waals surface area contributed by atoms with E-state index in [0.717, 1.165) is 5.56 Å². The molecule has 1 atom stereocenters. The van der Waals surface area contributed by atoms with Crippen molar-refractivity contribution in [2.75, 3.05) is 14.2 Å². The van der Waals surface area contributed by atoms with Gasteiger partial charge in [-0.15, -0.1) is 0 Å². The number of hydrogen-bond acceptors (Lipinski definition) is 7. The molecule has 4 rings (SSSR count). The lowest BCUT2D eigenvalue weighted by molar-refractivity contribution is -0.136. The van der Waals surface area contributed by atoms with Gasteiger partial charge in [-0.1, -0.05) is 23.7 Å². The van der Waals surface area contributed by atoms with Crippen LogP contribution < -0.4 is 15.2 Å². The van der Waals surface area contributed by atoms with Crippen molar-refractivity contribution in [1.29, 1.82) is 0 Å². The van der Waals surface area contributed by atoms with E-state index in [4.69, 9.17) is 36.3 Å². The summed E-state index contributed by atoms with van der Waals surface area (Å²) < 4.78 is 35.1. The molecule has 1 aliphatic carbocycles. The first-order chi connectivity index (χ1) is 16.3. The normalized spacial score (nSPS) is 17.8. The number of rotatable bonds is 6. The van der Waals surface area contributed by atoms with Crippen molar-refractivity contribution in [2.24, 2.45) is 5.73 Å². The molecule has 0 unspecified atom stereocenters. The minimum absolute atomic E-state index is 0.0228. The maximum Gasteiger partial charge on any atom is 0.340 e. The Morgan fingerprint density at radius 2 is 1.94 bits per heavy atom. The van der Waals surface area contributed by atoms with Crippen molar-refractivity contribution >= 4 is 23.4 Å². The van der Waals surface area contributed by atoms with Gasteiger partial charge in [-0.25, -0.2) is 9.18 Å². The third-order valence-corrected chi connectivity index (χ3v) is 6.05. The van der Waals surface area contributed by atoms with E-state index in [9.17, 15) is 14.0 Å². The Hall–Kier alpha value is -3.52. The summed E-state index contributed by atoms with van der Waals surface area (Å²) in [6.07, 6.45) is 1.48. The van der Waals surface area contributed by atoms with Gasteiger partial charge in [0.2, 0.25) is 5.88 Å². The molecule has 0 aromatic heterocycles. The molecule has 0 bridgehead atoms. The topological polar surface area (TPSA) is 97.1 Å². The number of halogens is 2. The summed E-state index contributed by atoms with van der Waals surface area (Å²) in [6.45, 7) is 0.126. The van der Waals surface area contributed by atoms with E-state index in [1.54, 1.807) is 24.3 Å². The molecule has 2 aromatic carbocycles. The molecule has 0 radical (unpaired) electrons. The Kier molecular flexibility index (Phi) is 6.79. The van der Waals surface area contributed by atoms with E-state index in [1.807, 2.05) is 0 Å². The molecule has 0 amide bonds. The first-order valence-electron chi connectivity index (χ1n) is 10.6. The van der Waals surface area contributed by atoms with Crippen molar-refractivity contribution in [3.63, 3.8) is 0 Å². The minimum atomic E-state index is -0.832. The Morgan fingerprint density at radius 1 is 1.21 bits per heavy atom. The fraction of sp³-hybridized carbons (Fsp3) is 0.280. The predicted molar refractivity (Wildman–Crippen MR) is 122 cm³/mol. The number of methoxy groups -OCH3 is 2. The van der Waals surface area contributed by atoms with Gasteiger partial charge < -0.3 is 24.7 Å². The number of hydrogen-bond donors (Lipinski definition) is 1. The summed E-state index contributed by atoms with van der Waals surface area (Å²) in [5.74, 6) is -1.13. The standard InChI is InChI=1S/C25H23ClFNO6/c1-31-19-11-14(10-16(26)23(19)33-12-13-6-8-15(27)9-7-13)20-21-17(29)4-3-5-18(21)34-24(28)22(20)25(30)32-2/h6-11,20H,3-5,12,28H2,1-2H3/t20-/m0/s1. The quantitative estimate of drug-likeness (QED) is 0.598. The van der Waals surface area contributed by atoms with Gasteiger partial charge in [-0.3, -0.25) is 4.79 Å². The second-order valence-electron chi connectivity index (χ2n) is 7.87. The second kappa shape index (κ2) is 9.77. The zero-order valence-electron chi connectivity index (χ0n) is 18.7. The van der Waals surface area contributed by atoms with Crippen molar-refractivity contribution in [1.82, 2.24) is 0 Å². The average Bonchev–Trinajstić information content (AvgIpc) is 2.82. The van der Waals surface area contributed by atoms with Gasteiger partial charge >= 0.3 is 5.97 Å². The molecule has 0 saturated carbocycles. The van der Waals surface area contributed by atoms with Crippen LogP contribution in [-0.2, 0) is 25.7 Å². The highest BCUT2D eigenvalue weighted by Crippen LogP contribution is 2.47. The van der Waals surface area contributed by atoms with Crippen LogP contribution in [0.25, 0.3) is 0 Å². The van der Waals surface area contributed by atoms with Gasteiger partial charge in [0, 0.05) is 18.4 Å². The van der Waals surface area contributed by atoms with Crippen LogP contribution in [0.15, 0.2) is 59.2 Å². The first-order valence-corrected chi connectivity index (χ1v) is 11.0. The van der Waals surface area contributed by atoms with E-state index in [0.29, 0.717) is 41.9 Å². The number of carbonyl (C=O) groups is 2. The zero-order chi connectivity index (χ0) is 24.4. The fourth-order valence-corrected chi connectivity index (χ4v) is 4.45. The maximum absolute atomic E-state index is 13.2. The molecule has 0 spiro atoms. The predicted octanol–water partition coefficient (Wildman–Crippen LogP) is 4.53. The summed E-state index contributed by atoms with van der Waals surface area (Å²) >= 11 is 6.57. The van der Waals surface area contributed by atoms with Crippen LogP contribution >= 0.6 is 11.6 Å². The fourth-order valence-electron chi connectivity index (χ4n) is 4.18. The molecule has 0 fully saturated rings. The number of benzene rings is 2. The number of ketones is 1. The number of ether oxygens (including phenoxy) is 4. The molecule has 2 aromatic rings. The number of nitrogens with two attached hydrogens (primary N) is 1. The summed E-state index contributed by atoms with van der Waals surface area (Å²) in [5, 5.41) is 0.205. The first kappa shape index (κ1) is 23.6. The Balaban J connectivity index is 1.76. The van der Waals surface area contributed by atoms with Crippen LogP contribution in [-0.4, -0.2) is 26.0 Å². The minimum Gasteiger partial charge on any atom is -0.493 e. The molecule has 9 heteroatoms. The van der Waals surface area contributed by atoms with E-state index >= 15 is 0 Å². The zero-order valence-corrected chi connectivity index (χ0v) is 19.4. The lowest BCUT2D eigenvalue weighted by Crippen LogP contribution is -2.31. The van der Waals surface area contributed by atoms with Crippen molar-refractivity contribution in [2.45, 2.75) is 31.8 Å². The molecule has 2 aliphatic rings. The number of allylic oxidation sites excluding steroid dienone is 2. The van der Waals surface area contributed by atoms with Crippen LogP contribution in [0.5, 0.6) is 11.5 Å². The van der Waals surface area contributed by atoms with Crippen LogP contribution in [0, 0.1) is 5.82 Å². The SMILES string of the molecule is COC(=O)C1=C(N)OC2=C(C(=O)CCC2)[C@@H]1c1cc(Cl)c(OCc2ccc(F)cc2)c(OC)c1. The number of esters is 1. The van der Waals surface area contributed by atoms with E-state index in [2.05, 4.69) is 0 Å². The summed E-state index contributed by atoms with van der Waals surface area (Å²) in [4.78, 5) is 25.5. The van der Waals surface area contributed by atoms with Gasteiger partial charge in [0.1, 0.15) is 23.8 Å². The van der Waals surface area contributed by atoms with Gasteiger partial charge in [-0.2, -0.15) is 0 Å². The molecule has 1 heterocycles. The molecule has 34 heavy (non-hydrogen) atoms. The van der Waals surface area contributed by atoms with E-state index < -0.39 is 11.9 Å². The van der Waals surface area contributed by atoms with Gasteiger partial charge in [0.25, 0.3) is 0 Å². The van der Waals surface area contributed by atoms with Gasteiger partial charge in [-0.05, 0) is 41.8 Å². The van der Waals surface area contributed by atoms with Crippen LogP contribution in [0.3, 0.4) is 0 Å². The summed E-state index contributed by atoms with van der Waals surface area (Å²) in [5.41, 5.74) is 7.72. The Labute approximate surface area is 200 Å². The molecule has 1 aliphatic heterocycles. The molecule has 0 saturated heterocycles. The second-order valence-corrected chi connectivity index (χ2v) is 8.27. The smallest absolute Gasteiger partial charge is 0.340 e. The highest BCUT2D eigenvalue weighted by atomic mass is 35.5. The summed E-state index contributed by atoms with van der Waals surface area (Å²) in [7, 11) is 2.68. The highest BCUT2D eigenvalue weighted by molar-refractivity contribution is 6.32. The van der Waals surface area contributed by atoms with Gasteiger partial charge in [0.15, 0.2) is 17.3 Å². The van der Waals surface area contributed by atoms with E-state index in [1.165, 1.54) is 26.4 Å². The third-order valence-electron chi connectivity index (χ3n) is 5.77. The van der Waals surface area contributed by atoms with Crippen LogP contribution in [0.1, 0.15) is 36.3 Å². The maximum atomic E-state index is 13.2. The average molecular weight is 488 g/mol. The number of Topliss-reactive ketones (excluding diaryl/α,β-unsaturated/α-hetero) is 1. The van der Waals surface area contributed by atoms with Crippen molar-refractivity contribution < 1.29 is 32.9 Å². The third kappa shape index (κ3) is 4.46. The highest BCUT2D eigenvalue weighted by Gasteiger charge is 2.41. The van der Waals surface area contributed by atoms with Crippen LogP contribution in [0.2, 0.25) is 5.02 Å². The molecule has 7 nitrogen and oxygen atoms in total. The molecule has 178 valence electrons. The molecular weight excluding hydrogens is 465 g/mol. The van der Waals surface area contributed by atoms with E-state index in [-0.39, 0.29) is 40.4 Å². The van der Waals surface area contributed by atoms with Gasteiger partial charge in [0.05, 0.1) is 25.2 Å². The monoisotopic (exact) mass is 487 g/mol.